The van der Waals surface area contributed by atoms with Crippen LogP contribution >= 0.6 is 0 Å². The van der Waals surface area contributed by atoms with Gasteiger partial charge in [0.25, 0.3) is 0 Å². The van der Waals surface area contributed by atoms with Crippen molar-refractivity contribution in [3.8, 4) is 0 Å². The van der Waals surface area contributed by atoms with Gasteiger partial charge >= 0.3 is 12.1 Å². The molecule has 0 aliphatic rings. The van der Waals surface area contributed by atoms with E-state index in [4.69, 9.17) is 0 Å². The molecule has 1 nitrogen and oxygen atoms in total. The monoisotopic (exact) mass is 314 g/mol. The number of hydrogen-bond acceptors (Lipinski definition) is 1. The zero-order valence-electron chi connectivity index (χ0n) is 13.0. The summed E-state index contributed by atoms with van der Waals surface area (Å²) in [5.41, 5.74) is 0.713. The predicted octanol–water partition coefficient (Wildman–Crippen LogP) is 5.90. The standard InChI is InChI=1S/C13H17F5O.C2H6/c1-5-11(7-6-10(4)9(2)3)19-8-12(14,15)13(16,17)18;1-2/h5-7,9H,4,8H2,1-3H3;1-2H3/b7-6-,11-5+;. The predicted molar refractivity (Wildman–Crippen MR) is 75.2 cm³/mol. The molecule has 0 aromatic rings. The first-order valence-electron chi connectivity index (χ1n) is 6.61. The van der Waals surface area contributed by atoms with Crippen LogP contribution in [0, 0.1) is 5.92 Å². The van der Waals surface area contributed by atoms with Gasteiger partial charge in [0, 0.05) is 0 Å². The zero-order valence-corrected chi connectivity index (χ0v) is 13.0. The topological polar surface area (TPSA) is 9.23 Å². The number of halogens is 5. The first-order chi connectivity index (χ1) is 9.51. The highest BCUT2D eigenvalue weighted by atomic mass is 19.4. The van der Waals surface area contributed by atoms with E-state index in [1.807, 2.05) is 27.7 Å². The zero-order chi connectivity index (χ0) is 17.3. The smallest absolute Gasteiger partial charge is 0.456 e. The summed E-state index contributed by atoms with van der Waals surface area (Å²) >= 11 is 0. The molecule has 0 atom stereocenters. The van der Waals surface area contributed by atoms with E-state index >= 15 is 0 Å². The molecule has 0 saturated carbocycles. The molecule has 0 radical (unpaired) electrons. The summed E-state index contributed by atoms with van der Waals surface area (Å²) in [7, 11) is 0. The molecule has 0 aromatic heterocycles. The summed E-state index contributed by atoms with van der Waals surface area (Å²) in [6.07, 6.45) is -1.48. The fourth-order valence-corrected chi connectivity index (χ4v) is 0.865. The van der Waals surface area contributed by atoms with Crippen LogP contribution in [0.15, 0.2) is 36.1 Å². The van der Waals surface area contributed by atoms with Crippen molar-refractivity contribution in [3.63, 3.8) is 0 Å². The largest absolute Gasteiger partial charge is 0.487 e. The summed E-state index contributed by atoms with van der Waals surface area (Å²) in [5, 5.41) is 0. The normalized spacial score (nSPS) is 13.2. The highest BCUT2D eigenvalue weighted by Crippen LogP contribution is 2.35. The third-order valence-corrected chi connectivity index (χ3v) is 2.32. The first kappa shape index (κ1) is 22.0. The average Bonchev–Trinajstić information content (AvgIpc) is 2.39. The second-order valence-electron chi connectivity index (χ2n) is 4.24. The minimum Gasteiger partial charge on any atom is -0.487 e. The van der Waals surface area contributed by atoms with Gasteiger partial charge in [-0.2, -0.15) is 22.0 Å². The second-order valence-corrected chi connectivity index (χ2v) is 4.24. The lowest BCUT2D eigenvalue weighted by Crippen LogP contribution is -2.40. The van der Waals surface area contributed by atoms with Gasteiger partial charge in [0.05, 0.1) is 0 Å². The fourth-order valence-electron chi connectivity index (χ4n) is 0.865. The van der Waals surface area contributed by atoms with Crippen molar-refractivity contribution in [1.82, 2.24) is 0 Å². The van der Waals surface area contributed by atoms with Crippen molar-refractivity contribution < 1.29 is 26.7 Å². The Labute approximate surface area is 123 Å². The molecule has 0 N–H and O–H groups in total. The molecule has 0 heterocycles. The van der Waals surface area contributed by atoms with Crippen molar-refractivity contribution >= 4 is 0 Å². The van der Waals surface area contributed by atoms with Crippen LogP contribution < -0.4 is 0 Å². The number of rotatable bonds is 6. The summed E-state index contributed by atoms with van der Waals surface area (Å²) < 4.78 is 65.5. The first-order valence-corrected chi connectivity index (χ1v) is 6.61. The highest BCUT2D eigenvalue weighted by molar-refractivity contribution is 5.23. The van der Waals surface area contributed by atoms with Gasteiger partial charge in [-0.15, -0.1) is 0 Å². The molecule has 0 rings (SSSR count). The lowest BCUT2D eigenvalue weighted by molar-refractivity contribution is -0.293. The van der Waals surface area contributed by atoms with Gasteiger partial charge in [-0.25, -0.2) is 0 Å². The lowest BCUT2D eigenvalue weighted by atomic mass is 10.1. The van der Waals surface area contributed by atoms with Crippen LogP contribution in [-0.4, -0.2) is 18.7 Å². The van der Waals surface area contributed by atoms with Crippen LogP contribution in [0.4, 0.5) is 22.0 Å². The van der Waals surface area contributed by atoms with Crippen LogP contribution in [-0.2, 0) is 4.74 Å². The maximum atomic E-state index is 12.6. The Kier molecular flexibility index (Phi) is 10.0. The lowest BCUT2D eigenvalue weighted by Gasteiger charge is -2.20. The van der Waals surface area contributed by atoms with E-state index in [1.165, 1.54) is 25.2 Å². The maximum absolute atomic E-state index is 12.6. The Hall–Kier alpha value is -1.33. The van der Waals surface area contributed by atoms with Crippen LogP contribution in [0.5, 0.6) is 0 Å². The van der Waals surface area contributed by atoms with Crippen molar-refractivity contribution in [1.29, 1.82) is 0 Å². The molecular formula is C15H23F5O. The quantitative estimate of drug-likeness (QED) is 0.337. The maximum Gasteiger partial charge on any atom is 0.456 e. The fraction of sp³-hybridized carbons (Fsp3) is 0.600. The van der Waals surface area contributed by atoms with Crippen molar-refractivity contribution in [2.75, 3.05) is 6.61 Å². The molecule has 0 aromatic carbocycles. The van der Waals surface area contributed by atoms with E-state index in [0.29, 0.717) is 5.57 Å². The van der Waals surface area contributed by atoms with Gasteiger partial charge in [0.15, 0.2) is 6.61 Å². The molecule has 21 heavy (non-hydrogen) atoms. The van der Waals surface area contributed by atoms with E-state index in [0.717, 1.165) is 0 Å². The minimum atomic E-state index is -5.61. The number of hydrogen-bond donors (Lipinski definition) is 0. The Balaban J connectivity index is 0. The van der Waals surface area contributed by atoms with Crippen LogP contribution in [0.2, 0.25) is 0 Å². The molecule has 0 spiro atoms. The SMILES string of the molecule is C=C(/C=C\C(=C/C)OCC(F)(F)C(F)(F)F)C(C)C.CC. The third-order valence-electron chi connectivity index (χ3n) is 2.32. The van der Waals surface area contributed by atoms with Gasteiger partial charge in [0.1, 0.15) is 5.76 Å². The highest BCUT2D eigenvalue weighted by Gasteiger charge is 2.58. The second kappa shape index (κ2) is 9.58. The van der Waals surface area contributed by atoms with E-state index in [9.17, 15) is 22.0 Å². The summed E-state index contributed by atoms with van der Waals surface area (Å²) in [6, 6.07) is 0. The number of allylic oxidation sites excluding steroid dienone is 4. The van der Waals surface area contributed by atoms with Crippen LogP contribution in [0.1, 0.15) is 34.6 Å². The molecule has 0 saturated heterocycles. The summed E-state index contributed by atoms with van der Waals surface area (Å²) in [4.78, 5) is 0. The van der Waals surface area contributed by atoms with Crippen LogP contribution in [0.25, 0.3) is 0 Å². The molecule has 0 bridgehead atoms. The summed E-state index contributed by atoms with van der Waals surface area (Å²) in [5.74, 6) is -4.79. The number of ether oxygens (including phenoxy) is 1. The van der Waals surface area contributed by atoms with Crippen molar-refractivity contribution in [2.45, 2.75) is 46.7 Å². The van der Waals surface area contributed by atoms with Crippen molar-refractivity contribution in [2.24, 2.45) is 5.92 Å². The Morgan fingerprint density at radius 2 is 1.57 bits per heavy atom. The van der Waals surface area contributed by atoms with Gasteiger partial charge in [-0.1, -0.05) is 45.9 Å². The molecule has 0 aliphatic carbocycles. The average molecular weight is 314 g/mol. The number of alkyl halides is 5. The molecule has 0 amide bonds. The molecular weight excluding hydrogens is 291 g/mol. The Morgan fingerprint density at radius 1 is 1.10 bits per heavy atom. The van der Waals surface area contributed by atoms with E-state index in [-0.39, 0.29) is 11.7 Å². The van der Waals surface area contributed by atoms with E-state index in [2.05, 4.69) is 11.3 Å². The Bertz CT molecular complexity index is 365. The van der Waals surface area contributed by atoms with E-state index < -0.39 is 18.7 Å². The van der Waals surface area contributed by atoms with Gasteiger partial charge < -0.3 is 4.74 Å². The van der Waals surface area contributed by atoms with Gasteiger partial charge in [-0.3, -0.25) is 0 Å². The Morgan fingerprint density at radius 3 is 1.90 bits per heavy atom. The molecule has 124 valence electrons. The van der Waals surface area contributed by atoms with Gasteiger partial charge in [0.2, 0.25) is 0 Å². The van der Waals surface area contributed by atoms with Gasteiger partial charge in [-0.05, 0) is 25.0 Å². The summed E-state index contributed by atoms with van der Waals surface area (Å²) in [6.45, 7) is 11.2. The minimum absolute atomic E-state index is 0.0641. The molecule has 6 heteroatoms. The molecule has 0 aliphatic heterocycles. The van der Waals surface area contributed by atoms with Crippen molar-refractivity contribution in [3.05, 3.63) is 36.1 Å². The molecule has 0 fully saturated rings. The van der Waals surface area contributed by atoms with Crippen LogP contribution in [0.3, 0.4) is 0 Å². The third kappa shape index (κ3) is 8.52. The molecule has 0 unspecified atom stereocenters. The van der Waals surface area contributed by atoms with E-state index in [1.54, 1.807) is 0 Å².